The van der Waals surface area contributed by atoms with Gasteiger partial charge in [0.1, 0.15) is 12.2 Å². The number of hydrogen-bond donors (Lipinski definition) is 5. The van der Waals surface area contributed by atoms with E-state index in [1.54, 1.807) is 13.1 Å². The molecule has 4 atom stereocenters. The van der Waals surface area contributed by atoms with E-state index in [0.29, 0.717) is 50.4 Å². The zero-order chi connectivity index (χ0) is 27.5. The number of nitrogens with one attached hydrogen (secondary N) is 2. The molecule has 0 spiro atoms. The SMILES string of the molecule is CC[C@]1(CNC(N)=NC)C#CC[C@H](Cc2ccc(O)c(OC3CCNCC3)c2)[C@@H](OC(C)=O)C[C@@H](O)CC1. The van der Waals surface area contributed by atoms with Crippen molar-refractivity contribution in [3.05, 3.63) is 23.8 Å². The number of guanidine groups is 1. The number of rotatable bonds is 8. The monoisotopic (exact) mass is 528 g/mol. The fraction of sp³-hybridized carbons (Fsp3) is 0.655. The molecule has 0 aromatic heterocycles. The molecule has 210 valence electrons. The van der Waals surface area contributed by atoms with Crippen molar-refractivity contribution >= 4 is 11.9 Å². The number of carbonyl (C=O) groups excluding carboxylic acids is 1. The molecule has 1 heterocycles. The normalized spacial score (nSPS) is 27.1. The fourth-order valence-electron chi connectivity index (χ4n) is 5.18. The average molecular weight is 529 g/mol. The van der Waals surface area contributed by atoms with Crippen molar-refractivity contribution in [3.8, 4) is 23.3 Å². The smallest absolute Gasteiger partial charge is 0.302 e. The third kappa shape index (κ3) is 8.81. The lowest BCUT2D eigenvalue weighted by Gasteiger charge is -2.32. The van der Waals surface area contributed by atoms with Crippen LogP contribution in [0, 0.1) is 23.2 Å². The Balaban J connectivity index is 1.85. The van der Waals surface area contributed by atoms with Crippen molar-refractivity contribution < 1.29 is 24.5 Å². The van der Waals surface area contributed by atoms with Crippen LogP contribution in [0.3, 0.4) is 0 Å². The summed E-state index contributed by atoms with van der Waals surface area (Å²) >= 11 is 0. The number of aromatic hydroxyl groups is 1. The van der Waals surface area contributed by atoms with Crippen LogP contribution in [0.5, 0.6) is 11.5 Å². The van der Waals surface area contributed by atoms with E-state index in [1.165, 1.54) is 6.92 Å². The average Bonchev–Trinajstić information content (AvgIpc) is 2.90. The number of phenolic OH excluding ortho intramolecular Hbond substituents is 1. The van der Waals surface area contributed by atoms with Crippen molar-refractivity contribution in [3.63, 3.8) is 0 Å². The molecule has 1 aromatic carbocycles. The van der Waals surface area contributed by atoms with Gasteiger partial charge in [0, 0.05) is 44.7 Å². The van der Waals surface area contributed by atoms with E-state index in [9.17, 15) is 15.0 Å². The molecule has 6 N–H and O–H groups in total. The first-order valence-electron chi connectivity index (χ1n) is 13.7. The number of aliphatic hydroxyl groups excluding tert-OH is 1. The van der Waals surface area contributed by atoms with E-state index < -0.39 is 12.2 Å². The lowest BCUT2D eigenvalue weighted by molar-refractivity contribution is -0.151. The third-order valence-electron chi connectivity index (χ3n) is 7.65. The van der Waals surface area contributed by atoms with E-state index in [0.717, 1.165) is 37.9 Å². The summed E-state index contributed by atoms with van der Waals surface area (Å²) in [5.74, 6) is 7.29. The number of aliphatic hydroxyl groups is 1. The number of aliphatic imine (C=N–C) groups is 1. The van der Waals surface area contributed by atoms with Gasteiger partial charge in [-0.2, -0.15) is 0 Å². The van der Waals surface area contributed by atoms with E-state index >= 15 is 0 Å². The van der Waals surface area contributed by atoms with Gasteiger partial charge in [-0.25, -0.2) is 0 Å². The Morgan fingerprint density at radius 1 is 1.32 bits per heavy atom. The van der Waals surface area contributed by atoms with Gasteiger partial charge in [0.05, 0.1) is 6.10 Å². The summed E-state index contributed by atoms with van der Waals surface area (Å²) < 4.78 is 11.9. The molecule has 2 aliphatic rings. The fourth-order valence-corrected chi connectivity index (χ4v) is 5.18. The van der Waals surface area contributed by atoms with Gasteiger partial charge in [-0.05, 0) is 69.3 Å². The van der Waals surface area contributed by atoms with Crippen LogP contribution >= 0.6 is 0 Å². The van der Waals surface area contributed by atoms with Gasteiger partial charge in [-0.3, -0.25) is 9.79 Å². The summed E-state index contributed by atoms with van der Waals surface area (Å²) in [5.41, 5.74) is 6.47. The summed E-state index contributed by atoms with van der Waals surface area (Å²) in [6.45, 7) is 5.82. The minimum absolute atomic E-state index is 0.0587. The quantitative estimate of drug-likeness (QED) is 0.150. The molecule has 1 aliphatic carbocycles. The van der Waals surface area contributed by atoms with Crippen LogP contribution in [0.15, 0.2) is 23.2 Å². The molecule has 38 heavy (non-hydrogen) atoms. The van der Waals surface area contributed by atoms with E-state index in [-0.39, 0.29) is 29.2 Å². The van der Waals surface area contributed by atoms with Crippen LogP contribution in [-0.2, 0) is 16.0 Å². The molecule has 9 heteroatoms. The summed E-state index contributed by atoms with van der Waals surface area (Å²) in [6.07, 6.45) is 4.14. The van der Waals surface area contributed by atoms with Crippen molar-refractivity contribution in [2.24, 2.45) is 22.1 Å². The molecule has 0 saturated carbocycles. The molecular weight excluding hydrogens is 484 g/mol. The molecule has 1 aromatic rings. The highest BCUT2D eigenvalue weighted by Gasteiger charge is 2.32. The predicted molar refractivity (Wildman–Crippen MR) is 148 cm³/mol. The molecule has 1 saturated heterocycles. The molecule has 1 aliphatic heterocycles. The Kier molecular flexibility index (Phi) is 11.1. The highest BCUT2D eigenvalue weighted by atomic mass is 16.5. The third-order valence-corrected chi connectivity index (χ3v) is 7.65. The van der Waals surface area contributed by atoms with E-state index in [2.05, 4.69) is 34.4 Å². The number of carbonyl (C=O) groups is 1. The lowest BCUT2D eigenvalue weighted by Crippen LogP contribution is -2.41. The second-order valence-electron chi connectivity index (χ2n) is 10.5. The molecule has 9 nitrogen and oxygen atoms in total. The van der Waals surface area contributed by atoms with E-state index in [4.69, 9.17) is 15.2 Å². The van der Waals surface area contributed by atoms with E-state index in [1.807, 2.05) is 12.1 Å². The number of esters is 1. The van der Waals surface area contributed by atoms with Crippen LogP contribution in [-0.4, -0.2) is 67.1 Å². The Morgan fingerprint density at radius 3 is 2.76 bits per heavy atom. The Morgan fingerprint density at radius 2 is 2.08 bits per heavy atom. The lowest BCUT2D eigenvalue weighted by atomic mass is 9.77. The van der Waals surface area contributed by atoms with Crippen LogP contribution in [0.25, 0.3) is 0 Å². The number of nitrogens with two attached hydrogens (primary N) is 1. The number of ether oxygens (including phenoxy) is 2. The van der Waals surface area contributed by atoms with Crippen molar-refractivity contribution in [2.45, 2.75) is 83.5 Å². The second-order valence-corrected chi connectivity index (χ2v) is 10.5. The first kappa shape index (κ1) is 29.6. The maximum absolute atomic E-state index is 12.0. The highest BCUT2D eigenvalue weighted by molar-refractivity contribution is 5.77. The molecule has 3 rings (SSSR count). The Bertz CT molecular complexity index is 1010. The maximum Gasteiger partial charge on any atom is 0.302 e. The number of nitrogens with zero attached hydrogens (tertiary/aromatic N) is 1. The van der Waals surface area contributed by atoms with Gasteiger partial charge in [0.25, 0.3) is 0 Å². The van der Waals surface area contributed by atoms with Crippen molar-refractivity contribution in [1.82, 2.24) is 10.6 Å². The van der Waals surface area contributed by atoms with Crippen LogP contribution in [0.1, 0.15) is 64.4 Å². The maximum atomic E-state index is 12.0. The van der Waals surface area contributed by atoms with Gasteiger partial charge in [-0.15, -0.1) is 5.92 Å². The topological polar surface area (TPSA) is 138 Å². The summed E-state index contributed by atoms with van der Waals surface area (Å²) in [5, 5.41) is 27.9. The number of hydrogen-bond acceptors (Lipinski definition) is 7. The largest absolute Gasteiger partial charge is 0.504 e. The summed E-state index contributed by atoms with van der Waals surface area (Å²) in [7, 11) is 1.63. The standard InChI is InChI=1S/C29H44N4O5/c1-4-29(19-33-28(30)31-3)12-5-6-22(26(37-20(2)34)18-23(35)9-13-29)16-21-7-8-25(36)27(17-21)38-24-10-14-32-15-11-24/h7-8,17,22-24,26,32,35-36H,4,6,9-11,13-16,18-19H2,1-3H3,(H3,30,31,33)/t22-,23+,26+,29+/m1/s1. The molecule has 0 amide bonds. The first-order valence-corrected chi connectivity index (χ1v) is 13.7. The molecule has 0 radical (unpaired) electrons. The van der Waals surface area contributed by atoms with Gasteiger partial charge < -0.3 is 36.1 Å². The van der Waals surface area contributed by atoms with Crippen LogP contribution in [0.4, 0.5) is 0 Å². The van der Waals surface area contributed by atoms with Crippen molar-refractivity contribution in [1.29, 1.82) is 0 Å². The van der Waals surface area contributed by atoms with Crippen molar-refractivity contribution in [2.75, 3.05) is 26.7 Å². The molecule has 0 unspecified atom stereocenters. The van der Waals surface area contributed by atoms with Crippen LogP contribution < -0.4 is 21.1 Å². The Labute approximate surface area is 226 Å². The number of benzene rings is 1. The Hall–Kier alpha value is -2.96. The van der Waals surface area contributed by atoms with Gasteiger partial charge in [0.2, 0.25) is 0 Å². The zero-order valence-corrected chi connectivity index (χ0v) is 23.0. The predicted octanol–water partition coefficient (Wildman–Crippen LogP) is 2.48. The van der Waals surface area contributed by atoms with Crippen LogP contribution in [0.2, 0.25) is 0 Å². The van der Waals surface area contributed by atoms with Gasteiger partial charge >= 0.3 is 5.97 Å². The van der Waals surface area contributed by atoms with Gasteiger partial charge in [0.15, 0.2) is 17.5 Å². The van der Waals surface area contributed by atoms with Gasteiger partial charge in [-0.1, -0.05) is 18.9 Å². The first-order chi connectivity index (χ1) is 18.2. The molecular formula is C29H44N4O5. The molecule has 0 bridgehead atoms. The minimum atomic E-state index is -0.636. The summed E-state index contributed by atoms with van der Waals surface area (Å²) in [4.78, 5) is 16.0. The highest BCUT2D eigenvalue weighted by Crippen LogP contribution is 2.34. The summed E-state index contributed by atoms with van der Waals surface area (Å²) in [6, 6.07) is 5.39. The second kappa shape index (κ2) is 14.3. The minimum Gasteiger partial charge on any atom is -0.504 e. The molecule has 1 fully saturated rings. The zero-order valence-electron chi connectivity index (χ0n) is 23.0. The number of phenols is 1. The number of piperidine rings is 1.